The van der Waals surface area contributed by atoms with Crippen molar-refractivity contribution in [2.75, 3.05) is 0 Å². The molecular weight excluding hydrogens is 369 g/mol. The van der Waals surface area contributed by atoms with Gasteiger partial charge in [-0.2, -0.15) is 0 Å². The minimum Gasteiger partial charge on any atom is -0.289 e. The van der Waals surface area contributed by atoms with Gasteiger partial charge >= 0.3 is 0 Å². The zero-order valence-corrected chi connectivity index (χ0v) is 13.9. The van der Waals surface area contributed by atoms with Gasteiger partial charge in [-0.1, -0.05) is 0 Å². The van der Waals surface area contributed by atoms with Crippen molar-refractivity contribution in [3.63, 3.8) is 0 Å². The Morgan fingerprint density at radius 3 is 0.893 bits per heavy atom. The summed E-state index contributed by atoms with van der Waals surface area (Å²) in [6.07, 6.45) is 0. The second-order valence-electron chi connectivity index (χ2n) is 7.16. The average Bonchev–Trinajstić information content (AvgIpc) is 2.65. The first-order chi connectivity index (χ1) is 13.4. The zero-order valence-electron chi connectivity index (χ0n) is 13.9. The van der Waals surface area contributed by atoms with Crippen molar-refractivity contribution < 1.29 is 27.6 Å². The van der Waals surface area contributed by atoms with Crippen LogP contribution >= 0.6 is 0 Å². The summed E-state index contributed by atoms with van der Waals surface area (Å²) < 4.78 is 42.6. The summed E-state index contributed by atoms with van der Waals surface area (Å²) in [7, 11) is 0. The molecule has 0 saturated carbocycles. The fourth-order valence-corrected chi connectivity index (χ4v) is 4.78. The molecule has 0 unspecified atom stereocenters. The molecular formula is C22H7F3O3. The van der Waals surface area contributed by atoms with E-state index in [2.05, 4.69) is 0 Å². The predicted octanol–water partition coefficient (Wildman–Crippen LogP) is 3.92. The molecule has 3 aliphatic carbocycles. The van der Waals surface area contributed by atoms with Crippen molar-refractivity contribution in [2.24, 2.45) is 0 Å². The first kappa shape index (κ1) is 15.5. The molecule has 0 radical (unpaired) electrons. The molecule has 0 aliphatic heterocycles. The number of benzene rings is 3. The lowest BCUT2D eigenvalue weighted by Crippen LogP contribution is -2.35. The number of ketones is 3. The molecule has 3 nitrogen and oxygen atoms in total. The first-order valence-corrected chi connectivity index (χ1v) is 8.51. The molecule has 134 valence electrons. The number of carbonyl (C=O) groups is 3. The Hall–Kier alpha value is -3.54. The van der Waals surface area contributed by atoms with Crippen LogP contribution in [0.3, 0.4) is 0 Å². The van der Waals surface area contributed by atoms with E-state index in [-0.39, 0.29) is 33.4 Å². The Labute approximate surface area is 155 Å². The van der Waals surface area contributed by atoms with Gasteiger partial charge in [0.05, 0.1) is 0 Å². The number of carbonyl (C=O) groups excluding carboxylic acids is 3. The molecule has 0 saturated heterocycles. The van der Waals surface area contributed by atoms with Crippen molar-refractivity contribution in [1.29, 1.82) is 0 Å². The highest BCUT2D eigenvalue weighted by Gasteiger charge is 2.47. The highest BCUT2D eigenvalue weighted by molar-refractivity contribution is 6.25. The molecule has 0 fully saturated rings. The quantitative estimate of drug-likeness (QED) is 0.404. The number of hydrogen-bond acceptors (Lipinski definition) is 3. The molecule has 0 amide bonds. The van der Waals surface area contributed by atoms with Gasteiger partial charge in [-0.3, -0.25) is 14.4 Å². The molecule has 28 heavy (non-hydrogen) atoms. The standard InChI is InChI=1S/C22H7F3O3/c23-7-1-10-16-11(2-7)21(27)14-5-9(25)6-15-18(14)19(16)17-12(20(10)26)3-8(24)4-13(17)22(15)28/h1-6,19H. The molecule has 3 aromatic rings. The maximum absolute atomic E-state index is 14.2. The van der Waals surface area contributed by atoms with E-state index in [0.717, 1.165) is 36.4 Å². The van der Waals surface area contributed by atoms with Crippen LogP contribution in [0.1, 0.15) is 70.4 Å². The van der Waals surface area contributed by atoms with Gasteiger partial charge in [0.2, 0.25) is 0 Å². The maximum atomic E-state index is 14.2. The van der Waals surface area contributed by atoms with Gasteiger partial charge in [0.15, 0.2) is 17.3 Å². The van der Waals surface area contributed by atoms with E-state index in [1.807, 2.05) is 0 Å². The van der Waals surface area contributed by atoms with Crippen LogP contribution in [0.5, 0.6) is 0 Å². The monoisotopic (exact) mass is 376 g/mol. The van der Waals surface area contributed by atoms with Crippen LogP contribution in [0.4, 0.5) is 13.2 Å². The maximum Gasteiger partial charge on any atom is 0.193 e. The van der Waals surface area contributed by atoms with Crippen LogP contribution in [-0.4, -0.2) is 17.3 Å². The summed E-state index contributed by atoms with van der Waals surface area (Å²) in [5.74, 6) is -5.02. The van der Waals surface area contributed by atoms with Crippen molar-refractivity contribution >= 4 is 17.3 Å². The smallest absolute Gasteiger partial charge is 0.193 e. The summed E-state index contributed by atoms with van der Waals surface area (Å²) in [5, 5.41) is 0. The van der Waals surface area contributed by atoms with E-state index in [1.165, 1.54) is 0 Å². The normalized spacial score (nSPS) is 15.8. The van der Waals surface area contributed by atoms with Gasteiger partial charge in [0.1, 0.15) is 17.5 Å². The Bertz CT molecular complexity index is 1110. The van der Waals surface area contributed by atoms with Crippen molar-refractivity contribution in [2.45, 2.75) is 5.92 Å². The average molecular weight is 376 g/mol. The summed E-state index contributed by atoms with van der Waals surface area (Å²) in [6.45, 7) is 0. The van der Waals surface area contributed by atoms with Crippen molar-refractivity contribution in [3.05, 3.63) is 104 Å². The number of halogens is 3. The fraction of sp³-hybridized carbons (Fsp3) is 0.0455. The lowest BCUT2D eigenvalue weighted by atomic mass is 9.62. The SMILES string of the molecule is O=C1c2cc(F)cc3c2C2c4c1cc(F)cc4C(=O)c1cc(F)cc(c12)C3=O. The van der Waals surface area contributed by atoms with Gasteiger partial charge in [-0.25, -0.2) is 13.2 Å². The van der Waals surface area contributed by atoms with Crippen molar-refractivity contribution in [3.8, 4) is 0 Å². The third-order valence-electron chi connectivity index (χ3n) is 5.77. The van der Waals surface area contributed by atoms with Gasteiger partial charge < -0.3 is 0 Å². The van der Waals surface area contributed by atoms with E-state index in [4.69, 9.17) is 0 Å². The fourth-order valence-electron chi connectivity index (χ4n) is 4.78. The summed E-state index contributed by atoms with van der Waals surface area (Å²) >= 11 is 0. The third kappa shape index (κ3) is 1.60. The minimum atomic E-state index is -0.789. The van der Waals surface area contributed by atoms with Crippen LogP contribution in [0.2, 0.25) is 0 Å². The molecule has 3 aromatic carbocycles. The number of rotatable bonds is 0. The van der Waals surface area contributed by atoms with Crippen LogP contribution in [0.25, 0.3) is 0 Å². The summed E-state index contributed by atoms with van der Waals surface area (Å²) in [4.78, 5) is 39.0. The van der Waals surface area contributed by atoms with E-state index in [0.29, 0.717) is 16.7 Å². The molecule has 0 spiro atoms. The highest BCUT2D eigenvalue weighted by atomic mass is 19.1. The molecule has 0 aromatic heterocycles. The van der Waals surface area contributed by atoms with E-state index in [9.17, 15) is 27.6 Å². The van der Waals surface area contributed by atoms with Crippen LogP contribution in [0.15, 0.2) is 36.4 Å². The molecule has 3 aliphatic rings. The summed E-state index contributed by atoms with van der Waals surface area (Å²) in [6, 6.07) is 6.12. The molecule has 0 atom stereocenters. The second-order valence-corrected chi connectivity index (χ2v) is 7.16. The minimum absolute atomic E-state index is 0.0346. The Morgan fingerprint density at radius 2 is 0.679 bits per heavy atom. The van der Waals surface area contributed by atoms with Crippen LogP contribution in [-0.2, 0) is 0 Å². The van der Waals surface area contributed by atoms with Gasteiger partial charge in [0.25, 0.3) is 0 Å². The molecule has 6 heteroatoms. The predicted molar refractivity (Wildman–Crippen MR) is 90.4 cm³/mol. The van der Waals surface area contributed by atoms with E-state index in [1.54, 1.807) is 0 Å². The Balaban J connectivity index is 1.88. The van der Waals surface area contributed by atoms with Crippen LogP contribution < -0.4 is 0 Å². The van der Waals surface area contributed by atoms with Crippen LogP contribution in [0, 0.1) is 17.5 Å². The lowest BCUT2D eigenvalue weighted by Gasteiger charge is -2.38. The number of hydrogen-bond donors (Lipinski definition) is 0. The van der Waals surface area contributed by atoms with Gasteiger partial charge in [-0.05, 0) is 53.1 Å². The Morgan fingerprint density at radius 1 is 0.464 bits per heavy atom. The highest BCUT2D eigenvalue weighted by Crippen LogP contribution is 2.52. The lowest BCUT2D eigenvalue weighted by molar-refractivity contribution is 0.102. The second kappa shape index (κ2) is 4.65. The molecule has 0 bridgehead atoms. The van der Waals surface area contributed by atoms with Crippen molar-refractivity contribution in [1.82, 2.24) is 0 Å². The topological polar surface area (TPSA) is 51.2 Å². The Kier molecular flexibility index (Phi) is 2.57. The zero-order chi connectivity index (χ0) is 19.5. The molecule has 6 rings (SSSR count). The molecule has 0 N–H and O–H groups in total. The first-order valence-electron chi connectivity index (χ1n) is 8.51. The van der Waals surface area contributed by atoms with Gasteiger partial charge in [0, 0.05) is 39.3 Å². The van der Waals surface area contributed by atoms with Gasteiger partial charge in [-0.15, -0.1) is 0 Å². The third-order valence-corrected chi connectivity index (χ3v) is 5.77. The van der Waals surface area contributed by atoms with E-state index < -0.39 is 40.7 Å². The molecule has 0 heterocycles. The largest absolute Gasteiger partial charge is 0.289 e. The summed E-state index contributed by atoms with van der Waals surface area (Å²) in [5.41, 5.74) is 0.680. The van der Waals surface area contributed by atoms with E-state index >= 15 is 0 Å².